The van der Waals surface area contributed by atoms with Crippen molar-refractivity contribution in [1.29, 1.82) is 0 Å². The van der Waals surface area contributed by atoms with Crippen LogP contribution in [0.5, 0.6) is 5.75 Å². The van der Waals surface area contributed by atoms with Gasteiger partial charge in [-0.25, -0.2) is 0 Å². The van der Waals surface area contributed by atoms with Crippen LogP contribution in [0.2, 0.25) is 0 Å². The molecule has 0 saturated heterocycles. The fourth-order valence-electron chi connectivity index (χ4n) is 3.17. The topological polar surface area (TPSA) is 51.5 Å². The summed E-state index contributed by atoms with van der Waals surface area (Å²) >= 11 is 1.76. The summed E-state index contributed by atoms with van der Waals surface area (Å²) < 4.78 is 11.4. The second-order valence-electron chi connectivity index (χ2n) is 6.46. The Morgan fingerprint density at radius 1 is 1.00 bits per heavy atom. The van der Waals surface area contributed by atoms with Crippen LogP contribution in [0.3, 0.4) is 0 Å². The number of amides is 1. The van der Waals surface area contributed by atoms with Crippen LogP contribution < -0.4 is 10.1 Å². The molecule has 0 aliphatic carbocycles. The molecule has 5 heteroatoms. The highest BCUT2D eigenvalue weighted by molar-refractivity contribution is 7.99. The van der Waals surface area contributed by atoms with Crippen LogP contribution in [0.1, 0.15) is 12.8 Å². The normalized spacial score (nSPS) is 11.0. The van der Waals surface area contributed by atoms with Crippen molar-refractivity contribution in [2.75, 3.05) is 18.2 Å². The van der Waals surface area contributed by atoms with Crippen LogP contribution in [0, 0.1) is 0 Å². The first kappa shape index (κ1) is 18.4. The summed E-state index contributed by atoms with van der Waals surface area (Å²) in [6, 6.07) is 21.8. The Morgan fingerprint density at radius 2 is 1.79 bits per heavy atom. The smallest absolute Gasteiger partial charge is 0.224 e. The molecular formula is C23H21NO3S. The Kier molecular flexibility index (Phi) is 5.53. The monoisotopic (exact) mass is 391 g/mol. The molecule has 4 aromatic rings. The van der Waals surface area contributed by atoms with Crippen molar-refractivity contribution in [1.82, 2.24) is 0 Å². The molecule has 0 atom stereocenters. The molecular weight excluding hydrogens is 370 g/mol. The zero-order chi connectivity index (χ0) is 19.3. The number of carbonyl (C=O) groups excluding carboxylic acids is 1. The third-order valence-electron chi connectivity index (χ3n) is 4.53. The number of para-hydroxylation sites is 1. The van der Waals surface area contributed by atoms with Gasteiger partial charge in [0.1, 0.15) is 16.9 Å². The van der Waals surface area contributed by atoms with E-state index in [4.69, 9.17) is 9.15 Å². The quantitative estimate of drug-likeness (QED) is 0.305. The fraction of sp³-hybridized carbons (Fsp3) is 0.174. The SMILES string of the molecule is COc1cc2c(cc1NC(=O)CCCSc1ccccc1)oc1ccccc12. The molecule has 3 aromatic carbocycles. The predicted octanol–water partition coefficient (Wildman–Crippen LogP) is 6.11. The van der Waals surface area contributed by atoms with E-state index >= 15 is 0 Å². The van der Waals surface area contributed by atoms with Gasteiger partial charge in [0.2, 0.25) is 5.91 Å². The van der Waals surface area contributed by atoms with Crippen LogP contribution in [-0.4, -0.2) is 18.8 Å². The number of anilines is 1. The number of nitrogens with one attached hydrogen (secondary N) is 1. The van der Waals surface area contributed by atoms with Gasteiger partial charge in [-0.1, -0.05) is 36.4 Å². The van der Waals surface area contributed by atoms with E-state index in [1.807, 2.05) is 54.6 Å². The molecule has 1 heterocycles. The second-order valence-corrected chi connectivity index (χ2v) is 7.63. The zero-order valence-corrected chi connectivity index (χ0v) is 16.4. The summed E-state index contributed by atoms with van der Waals surface area (Å²) in [4.78, 5) is 13.6. The van der Waals surface area contributed by atoms with Crippen molar-refractivity contribution >= 4 is 45.3 Å². The molecule has 0 saturated carbocycles. The summed E-state index contributed by atoms with van der Waals surface area (Å²) in [5.74, 6) is 1.51. The van der Waals surface area contributed by atoms with Crippen molar-refractivity contribution in [3.63, 3.8) is 0 Å². The molecule has 1 amide bonds. The lowest BCUT2D eigenvalue weighted by Gasteiger charge is -2.10. The van der Waals surface area contributed by atoms with Gasteiger partial charge in [-0.05, 0) is 36.4 Å². The van der Waals surface area contributed by atoms with Crippen LogP contribution in [0.4, 0.5) is 5.69 Å². The third kappa shape index (κ3) is 3.99. The van der Waals surface area contributed by atoms with Crippen molar-refractivity contribution in [2.45, 2.75) is 17.7 Å². The van der Waals surface area contributed by atoms with E-state index in [0.29, 0.717) is 17.9 Å². The molecule has 0 bridgehead atoms. The summed E-state index contributed by atoms with van der Waals surface area (Å²) in [7, 11) is 1.61. The van der Waals surface area contributed by atoms with Crippen molar-refractivity contribution < 1.29 is 13.9 Å². The lowest BCUT2D eigenvalue weighted by Crippen LogP contribution is -2.12. The average molecular weight is 391 g/mol. The number of methoxy groups -OCH3 is 1. The number of thioether (sulfide) groups is 1. The first-order chi connectivity index (χ1) is 13.7. The fourth-order valence-corrected chi connectivity index (χ4v) is 4.04. The minimum Gasteiger partial charge on any atom is -0.495 e. The van der Waals surface area contributed by atoms with Gasteiger partial charge in [-0.15, -0.1) is 11.8 Å². The van der Waals surface area contributed by atoms with Gasteiger partial charge in [0.05, 0.1) is 12.8 Å². The summed E-state index contributed by atoms with van der Waals surface area (Å²) in [5, 5.41) is 4.97. The minimum absolute atomic E-state index is 0.0255. The molecule has 0 spiro atoms. The van der Waals surface area contributed by atoms with Gasteiger partial charge < -0.3 is 14.5 Å². The predicted molar refractivity (Wildman–Crippen MR) is 115 cm³/mol. The Balaban J connectivity index is 1.43. The van der Waals surface area contributed by atoms with E-state index in [0.717, 1.165) is 34.1 Å². The second kappa shape index (κ2) is 8.40. The zero-order valence-electron chi connectivity index (χ0n) is 15.6. The average Bonchev–Trinajstić information content (AvgIpc) is 3.08. The maximum atomic E-state index is 12.4. The number of ether oxygens (including phenoxy) is 1. The maximum Gasteiger partial charge on any atom is 0.224 e. The van der Waals surface area contributed by atoms with Crippen molar-refractivity contribution in [3.8, 4) is 5.75 Å². The largest absolute Gasteiger partial charge is 0.495 e. The van der Waals surface area contributed by atoms with Gasteiger partial charge in [0, 0.05) is 28.2 Å². The number of hydrogen-bond donors (Lipinski definition) is 1. The molecule has 1 N–H and O–H groups in total. The highest BCUT2D eigenvalue weighted by atomic mass is 32.2. The summed E-state index contributed by atoms with van der Waals surface area (Å²) in [6.07, 6.45) is 1.27. The molecule has 28 heavy (non-hydrogen) atoms. The van der Waals surface area contributed by atoms with Gasteiger partial charge >= 0.3 is 0 Å². The first-order valence-corrected chi connectivity index (χ1v) is 10.2. The minimum atomic E-state index is -0.0255. The van der Waals surface area contributed by atoms with Crippen LogP contribution in [0.15, 0.2) is 76.0 Å². The van der Waals surface area contributed by atoms with E-state index in [1.54, 1.807) is 18.9 Å². The van der Waals surface area contributed by atoms with Crippen molar-refractivity contribution in [2.24, 2.45) is 0 Å². The molecule has 1 aromatic heterocycles. The van der Waals surface area contributed by atoms with E-state index < -0.39 is 0 Å². The van der Waals surface area contributed by atoms with E-state index in [9.17, 15) is 4.79 Å². The van der Waals surface area contributed by atoms with Crippen LogP contribution in [0.25, 0.3) is 21.9 Å². The maximum absolute atomic E-state index is 12.4. The Hall–Kier alpha value is -2.92. The molecule has 0 radical (unpaired) electrons. The highest BCUT2D eigenvalue weighted by Crippen LogP contribution is 2.36. The molecule has 4 nitrogen and oxygen atoms in total. The molecule has 142 valence electrons. The lowest BCUT2D eigenvalue weighted by atomic mass is 10.1. The summed E-state index contributed by atoms with van der Waals surface area (Å²) in [6.45, 7) is 0. The Bertz CT molecular complexity index is 1100. The van der Waals surface area contributed by atoms with E-state index in [-0.39, 0.29) is 5.91 Å². The lowest BCUT2D eigenvalue weighted by molar-refractivity contribution is -0.116. The Labute approximate surface area is 167 Å². The molecule has 0 unspecified atom stereocenters. The third-order valence-corrected chi connectivity index (χ3v) is 5.63. The number of furan rings is 1. The highest BCUT2D eigenvalue weighted by Gasteiger charge is 2.14. The van der Waals surface area contributed by atoms with Crippen LogP contribution >= 0.6 is 11.8 Å². The van der Waals surface area contributed by atoms with Gasteiger partial charge in [0.15, 0.2) is 0 Å². The first-order valence-electron chi connectivity index (χ1n) is 9.21. The number of benzene rings is 3. The standard InChI is InChI=1S/C23H21NO3S/c1-26-22-14-18-17-10-5-6-11-20(17)27-21(18)15-19(22)24-23(25)12-7-13-28-16-8-3-2-4-9-16/h2-6,8-11,14-15H,7,12-13H2,1H3,(H,24,25). The van der Waals surface area contributed by atoms with Crippen LogP contribution in [-0.2, 0) is 4.79 Å². The van der Waals surface area contributed by atoms with Gasteiger partial charge in [-0.2, -0.15) is 0 Å². The number of rotatable bonds is 7. The van der Waals surface area contributed by atoms with Crippen molar-refractivity contribution in [3.05, 3.63) is 66.7 Å². The number of carbonyl (C=O) groups is 1. The van der Waals surface area contributed by atoms with E-state index in [1.165, 1.54) is 4.90 Å². The number of fused-ring (bicyclic) bond motifs is 3. The van der Waals surface area contributed by atoms with Gasteiger partial charge in [0.25, 0.3) is 0 Å². The molecule has 4 rings (SSSR count). The molecule has 0 aliphatic rings. The Morgan fingerprint density at radius 3 is 2.61 bits per heavy atom. The van der Waals surface area contributed by atoms with Gasteiger partial charge in [-0.3, -0.25) is 4.79 Å². The summed E-state index contributed by atoms with van der Waals surface area (Å²) in [5.41, 5.74) is 2.19. The number of hydrogen-bond acceptors (Lipinski definition) is 4. The van der Waals surface area contributed by atoms with E-state index in [2.05, 4.69) is 17.4 Å². The molecule has 0 fully saturated rings. The molecule has 0 aliphatic heterocycles.